The molecule has 2 nitrogen and oxygen atoms in total. The molecule has 0 aliphatic carbocycles. The fourth-order valence-electron chi connectivity index (χ4n) is 0.724. The minimum Gasteiger partial charge on any atom is -0.330 e. The Kier molecular flexibility index (Phi) is 15.1. The minimum absolute atomic E-state index is 0. The average molecular weight is 244 g/mol. The molecular weight excluding hydrogens is 224 g/mol. The van der Waals surface area contributed by atoms with Crippen LogP contribution in [0, 0.1) is 0 Å². The van der Waals surface area contributed by atoms with Crippen LogP contribution in [0.5, 0.6) is 0 Å². The van der Waals surface area contributed by atoms with Crippen LogP contribution in [0.25, 0.3) is 0 Å². The maximum Gasteiger partial charge on any atom is 0.191 e. The van der Waals surface area contributed by atoms with Crippen molar-refractivity contribution in [2.45, 2.75) is 39.5 Å². The molecule has 0 saturated heterocycles. The predicted molar refractivity (Wildman–Crippen MR) is 49.6 cm³/mol. The molecule has 0 heterocycles. The third-order valence-corrected chi connectivity index (χ3v) is 2.78. The fraction of sp³-hybridized carbons (Fsp3) is 1.00. The number of rotatable bonds is 7. The van der Waals surface area contributed by atoms with E-state index in [9.17, 15) is 4.57 Å². The second-order valence-corrected chi connectivity index (χ2v) is 4.21. The van der Waals surface area contributed by atoms with E-state index >= 15 is 0 Å². The SMILES string of the molecule is CCCCO[PH](=O)CCCC.[Zn]. The summed E-state index contributed by atoms with van der Waals surface area (Å²) in [4.78, 5) is 0. The summed E-state index contributed by atoms with van der Waals surface area (Å²) in [5, 5.41) is 0. The van der Waals surface area contributed by atoms with Gasteiger partial charge in [0.2, 0.25) is 0 Å². The topological polar surface area (TPSA) is 26.3 Å². The summed E-state index contributed by atoms with van der Waals surface area (Å²) in [5.74, 6) is 0. The number of hydrogen-bond acceptors (Lipinski definition) is 2. The van der Waals surface area contributed by atoms with Crippen molar-refractivity contribution in [2.24, 2.45) is 0 Å². The molecule has 0 aliphatic heterocycles. The van der Waals surface area contributed by atoms with E-state index < -0.39 is 8.03 Å². The maximum atomic E-state index is 11.0. The molecule has 0 amide bonds. The van der Waals surface area contributed by atoms with Crippen molar-refractivity contribution in [1.29, 1.82) is 0 Å². The minimum atomic E-state index is -1.67. The van der Waals surface area contributed by atoms with E-state index in [1.807, 2.05) is 0 Å². The van der Waals surface area contributed by atoms with Crippen molar-refractivity contribution >= 4 is 8.03 Å². The van der Waals surface area contributed by atoms with Gasteiger partial charge in [0.25, 0.3) is 0 Å². The second kappa shape index (κ2) is 11.8. The molecule has 1 atom stereocenters. The molecule has 0 bridgehead atoms. The first-order valence-electron chi connectivity index (χ1n) is 4.46. The van der Waals surface area contributed by atoms with Crippen LogP contribution in [0.15, 0.2) is 0 Å². The average Bonchev–Trinajstić information content (AvgIpc) is 2.01. The zero-order valence-corrected chi connectivity index (χ0v) is 12.2. The normalized spacial score (nSPS) is 12.2. The molecule has 0 saturated carbocycles. The van der Waals surface area contributed by atoms with Crippen LogP contribution < -0.4 is 0 Å². The van der Waals surface area contributed by atoms with Gasteiger partial charge >= 0.3 is 0 Å². The molecule has 12 heavy (non-hydrogen) atoms. The van der Waals surface area contributed by atoms with E-state index in [0.717, 1.165) is 31.8 Å². The molecular formula is C8H19O2PZn. The molecule has 0 rings (SSSR count). The summed E-state index contributed by atoms with van der Waals surface area (Å²) >= 11 is 0. The predicted octanol–water partition coefficient (Wildman–Crippen LogP) is 3.08. The Morgan fingerprint density at radius 3 is 2.25 bits per heavy atom. The van der Waals surface area contributed by atoms with Crippen LogP contribution >= 0.6 is 8.03 Å². The summed E-state index contributed by atoms with van der Waals surface area (Å²) < 4.78 is 16.2. The zero-order chi connectivity index (χ0) is 8.53. The van der Waals surface area contributed by atoms with E-state index in [1.165, 1.54) is 0 Å². The second-order valence-electron chi connectivity index (χ2n) is 2.68. The van der Waals surface area contributed by atoms with Crippen molar-refractivity contribution in [3.63, 3.8) is 0 Å². The van der Waals surface area contributed by atoms with Crippen molar-refractivity contribution in [1.82, 2.24) is 0 Å². The Bertz CT molecular complexity index is 109. The summed E-state index contributed by atoms with van der Waals surface area (Å²) in [7, 11) is -1.67. The van der Waals surface area contributed by atoms with Crippen LogP contribution in [-0.4, -0.2) is 12.8 Å². The van der Waals surface area contributed by atoms with Gasteiger partial charge in [0, 0.05) is 25.6 Å². The van der Waals surface area contributed by atoms with E-state index in [0.29, 0.717) is 6.61 Å². The molecule has 0 N–H and O–H groups in total. The summed E-state index contributed by atoms with van der Waals surface area (Å²) in [6.45, 7) is 4.88. The van der Waals surface area contributed by atoms with Gasteiger partial charge in [0.1, 0.15) is 0 Å². The zero-order valence-electron chi connectivity index (χ0n) is 8.27. The molecule has 70 valence electrons. The molecule has 0 aliphatic rings. The quantitative estimate of drug-likeness (QED) is 0.390. The van der Waals surface area contributed by atoms with Crippen LogP contribution in [0.1, 0.15) is 39.5 Å². The Balaban J connectivity index is 0. The van der Waals surface area contributed by atoms with Crippen LogP contribution in [-0.2, 0) is 28.6 Å². The Hall–Kier alpha value is 0.813. The first-order valence-corrected chi connectivity index (χ1v) is 5.99. The van der Waals surface area contributed by atoms with Gasteiger partial charge in [-0.05, 0) is 12.8 Å². The van der Waals surface area contributed by atoms with Crippen LogP contribution in [0.3, 0.4) is 0 Å². The van der Waals surface area contributed by atoms with Gasteiger partial charge in [0.15, 0.2) is 8.03 Å². The van der Waals surface area contributed by atoms with Crippen molar-refractivity contribution < 1.29 is 28.6 Å². The Morgan fingerprint density at radius 2 is 1.75 bits per heavy atom. The number of unbranched alkanes of at least 4 members (excludes halogenated alkanes) is 2. The van der Waals surface area contributed by atoms with Crippen LogP contribution in [0.4, 0.5) is 0 Å². The van der Waals surface area contributed by atoms with Gasteiger partial charge in [-0.15, -0.1) is 0 Å². The van der Waals surface area contributed by atoms with E-state index in [2.05, 4.69) is 13.8 Å². The van der Waals surface area contributed by atoms with Gasteiger partial charge in [0.05, 0.1) is 6.61 Å². The smallest absolute Gasteiger partial charge is 0.191 e. The van der Waals surface area contributed by atoms with Gasteiger partial charge < -0.3 is 4.52 Å². The molecule has 0 aromatic carbocycles. The molecule has 4 heteroatoms. The molecule has 0 fully saturated rings. The van der Waals surface area contributed by atoms with E-state index in [1.54, 1.807) is 0 Å². The van der Waals surface area contributed by atoms with Gasteiger partial charge in [-0.25, -0.2) is 0 Å². The first kappa shape index (κ1) is 15.3. The third kappa shape index (κ3) is 10.8. The molecule has 0 aromatic heterocycles. The molecule has 0 radical (unpaired) electrons. The van der Waals surface area contributed by atoms with Gasteiger partial charge in [-0.2, -0.15) is 0 Å². The Morgan fingerprint density at radius 1 is 1.17 bits per heavy atom. The van der Waals surface area contributed by atoms with Crippen molar-refractivity contribution in [3.8, 4) is 0 Å². The summed E-state index contributed by atoms with van der Waals surface area (Å²) in [6.07, 6.45) is 5.05. The molecule has 0 spiro atoms. The Labute approximate surface area is 89.1 Å². The number of hydrogen-bond donors (Lipinski definition) is 0. The van der Waals surface area contributed by atoms with E-state index in [-0.39, 0.29) is 19.5 Å². The largest absolute Gasteiger partial charge is 0.330 e. The first-order chi connectivity index (χ1) is 5.31. The van der Waals surface area contributed by atoms with Gasteiger partial charge in [-0.3, -0.25) is 4.57 Å². The third-order valence-electron chi connectivity index (χ3n) is 1.50. The standard InChI is InChI=1S/C8H19O2P.Zn/c1-3-5-7-10-11(9)8-6-4-2;/h11H,3-8H2,1-2H3;. The fourth-order valence-corrected chi connectivity index (χ4v) is 1.88. The van der Waals surface area contributed by atoms with Crippen molar-refractivity contribution in [2.75, 3.05) is 12.8 Å². The maximum absolute atomic E-state index is 11.0. The molecule has 0 aromatic rings. The van der Waals surface area contributed by atoms with Crippen LogP contribution in [0.2, 0.25) is 0 Å². The molecule has 1 unspecified atom stereocenters. The van der Waals surface area contributed by atoms with Crippen molar-refractivity contribution in [3.05, 3.63) is 0 Å². The van der Waals surface area contributed by atoms with Gasteiger partial charge in [-0.1, -0.05) is 26.7 Å². The van der Waals surface area contributed by atoms with E-state index in [4.69, 9.17) is 4.52 Å². The monoisotopic (exact) mass is 242 g/mol. The summed E-state index contributed by atoms with van der Waals surface area (Å²) in [6, 6.07) is 0. The summed E-state index contributed by atoms with van der Waals surface area (Å²) in [5.41, 5.74) is 0.